The summed E-state index contributed by atoms with van der Waals surface area (Å²) in [6, 6.07) is 6.99. The molecule has 15 heavy (non-hydrogen) atoms. The second-order valence-electron chi connectivity index (χ2n) is 2.87. The minimum Gasteiger partial charge on any atom is -0.496 e. The topological polar surface area (TPSA) is 72.5 Å². The first-order valence-electron chi connectivity index (χ1n) is 4.26. The number of carboxylic acids is 1. The molecule has 1 rings (SSSR count). The van der Waals surface area contributed by atoms with Crippen LogP contribution in [0.1, 0.15) is 11.5 Å². The van der Waals surface area contributed by atoms with Gasteiger partial charge in [0.2, 0.25) is 0 Å². The van der Waals surface area contributed by atoms with Crippen LogP contribution in [0.4, 0.5) is 0 Å². The highest BCUT2D eigenvalue weighted by Crippen LogP contribution is 2.25. The predicted octanol–water partition coefficient (Wildman–Crippen LogP) is 1.24. The summed E-state index contributed by atoms with van der Waals surface area (Å²) >= 11 is 0. The van der Waals surface area contributed by atoms with Crippen LogP contribution in [0.3, 0.4) is 0 Å². The molecular formula is C10H14ClNO3. The summed E-state index contributed by atoms with van der Waals surface area (Å²) < 4.78 is 5.06. The minimum absolute atomic E-state index is 0. The Bertz CT molecular complexity index is 330. The predicted molar refractivity (Wildman–Crippen MR) is 59.7 cm³/mol. The van der Waals surface area contributed by atoms with Gasteiger partial charge in [-0.05, 0) is 6.07 Å². The maximum absolute atomic E-state index is 10.9. The summed E-state index contributed by atoms with van der Waals surface area (Å²) in [5, 5.41) is 8.91. The number of para-hydroxylation sites is 1. The minimum atomic E-state index is -0.933. The summed E-state index contributed by atoms with van der Waals surface area (Å²) in [7, 11) is 1.51. The van der Waals surface area contributed by atoms with Gasteiger partial charge >= 0.3 is 5.97 Å². The molecule has 3 N–H and O–H groups in total. The molecular weight excluding hydrogens is 218 g/mol. The van der Waals surface area contributed by atoms with Crippen molar-refractivity contribution in [1.82, 2.24) is 0 Å². The number of carbonyl (C=O) groups is 1. The van der Waals surface area contributed by atoms with Crippen LogP contribution in [0.15, 0.2) is 24.3 Å². The Labute approximate surface area is 94.5 Å². The van der Waals surface area contributed by atoms with Crippen LogP contribution >= 0.6 is 12.4 Å². The number of methoxy groups -OCH3 is 1. The highest BCUT2D eigenvalue weighted by atomic mass is 35.5. The number of hydrogen-bond donors (Lipinski definition) is 2. The van der Waals surface area contributed by atoms with Crippen molar-refractivity contribution in [2.24, 2.45) is 5.73 Å². The fraction of sp³-hybridized carbons (Fsp3) is 0.300. The monoisotopic (exact) mass is 231 g/mol. The van der Waals surface area contributed by atoms with Gasteiger partial charge in [0.1, 0.15) is 5.75 Å². The van der Waals surface area contributed by atoms with Crippen LogP contribution < -0.4 is 10.5 Å². The van der Waals surface area contributed by atoms with E-state index in [9.17, 15) is 4.79 Å². The molecule has 0 saturated heterocycles. The Morgan fingerprint density at radius 2 is 2.13 bits per heavy atom. The molecule has 0 aliphatic rings. The molecule has 0 fully saturated rings. The molecule has 1 aromatic carbocycles. The maximum Gasteiger partial charge on any atom is 0.312 e. The molecule has 0 radical (unpaired) electrons. The van der Waals surface area contributed by atoms with Crippen molar-refractivity contribution in [3.8, 4) is 5.75 Å². The average molecular weight is 232 g/mol. The van der Waals surface area contributed by atoms with E-state index in [0.717, 1.165) is 0 Å². The third-order valence-corrected chi connectivity index (χ3v) is 2.05. The number of carboxylic acid groups (broad SMARTS) is 1. The van der Waals surface area contributed by atoms with Crippen molar-refractivity contribution < 1.29 is 14.6 Å². The number of benzene rings is 1. The Balaban J connectivity index is 0.00000196. The normalized spacial score (nSPS) is 11.3. The molecule has 0 amide bonds. The Hall–Kier alpha value is -1.26. The molecule has 4 nitrogen and oxygen atoms in total. The zero-order valence-corrected chi connectivity index (χ0v) is 9.16. The number of hydrogen-bond acceptors (Lipinski definition) is 3. The van der Waals surface area contributed by atoms with Gasteiger partial charge < -0.3 is 15.6 Å². The van der Waals surface area contributed by atoms with E-state index in [0.29, 0.717) is 11.3 Å². The lowest BCUT2D eigenvalue weighted by molar-refractivity contribution is -0.138. The van der Waals surface area contributed by atoms with E-state index in [2.05, 4.69) is 0 Å². The summed E-state index contributed by atoms with van der Waals surface area (Å²) in [5.74, 6) is -1.08. The van der Waals surface area contributed by atoms with Gasteiger partial charge in [-0.15, -0.1) is 12.4 Å². The van der Waals surface area contributed by atoms with Crippen molar-refractivity contribution in [1.29, 1.82) is 0 Å². The van der Waals surface area contributed by atoms with Gasteiger partial charge in [-0.25, -0.2) is 0 Å². The van der Waals surface area contributed by atoms with Crippen LogP contribution in [-0.2, 0) is 4.79 Å². The lowest BCUT2D eigenvalue weighted by Crippen LogP contribution is -2.21. The van der Waals surface area contributed by atoms with E-state index in [1.807, 2.05) is 0 Å². The van der Waals surface area contributed by atoms with E-state index < -0.39 is 11.9 Å². The van der Waals surface area contributed by atoms with Crippen LogP contribution in [0.2, 0.25) is 0 Å². The Kier molecular flexibility index (Phi) is 5.74. The summed E-state index contributed by atoms with van der Waals surface area (Å²) in [4.78, 5) is 10.9. The lowest BCUT2D eigenvalue weighted by Gasteiger charge is -2.13. The quantitative estimate of drug-likeness (QED) is 0.818. The molecule has 0 bridgehead atoms. The molecule has 1 unspecified atom stereocenters. The van der Waals surface area contributed by atoms with E-state index in [1.165, 1.54) is 7.11 Å². The molecule has 1 atom stereocenters. The first-order valence-corrected chi connectivity index (χ1v) is 4.26. The molecule has 0 saturated carbocycles. The molecule has 84 valence electrons. The number of nitrogens with two attached hydrogens (primary N) is 1. The van der Waals surface area contributed by atoms with E-state index in [4.69, 9.17) is 15.6 Å². The molecule has 0 aromatic heterocycles. The van der Waals surface area contributed by atoms with Gasteiger partial charge in [0, 0.05) is 12.1 Å². The average Bonchev–Trinajstić information content (AvgIpc) is 2.19. The standard InChI is InChI=1S/C10H13NO3.ClH/c1-14-9-5-3-2-4-7(9)8(6-11)10(12)13;/h2-5,8H,6,11H2,1H3,(H,12,13);1H. The number of rotatable bonds is 4. The van der Waals surface area contributed by atoms with Crippen LogP contribution in [0, 0.1) is 0 Å². The van der Waals surface area contributed by atoms with Crippen molar-refractivity contribution in [3.63, 3.8) is 0 Å². The number of halogens is 1. The Morgan fingerprint density at radius 3 is 2.60 bits per heavy atom. The summed E-state index contributed by atoms with van der Waals surface area (Å²) in [6.07, 6.45) is 0. The van der Waals surface area contributed by atoms with E-state index in [-0.39, 0.29) is 19.0 Å². The zero-order chi connectivity index (χ0) is 10.6. The lowest BCUT2D eigenvalue weighted by atomic mass is 9.98. The first kappa shape index (κ1) is 13.7. The van der Waals surface area contributed by atoms with Crippen molar-refractivity contribution in [2.75, 3.05) is 13.7 Å². The highest BCUT2D eigenvalue weighted by Gasteiger charge is 2.20. The molecule has 5 heteroatoms. The molecule has 0 aliphatic heterocycles. The smallest absolute Gasteiger partial charge is 0.312 e. The van der Waals surface area contributed by atoms with Gasteiger partial charge in [-0.2, -0.15) is 0 Å². The second-order valence-corrected chi connectivity index (χ2v) is 2.87. The van der Waals surface area contributed by atoms with E-state index in [1.54, 1.807) is 24.3 Å². The number of ether oxygens (including phenoxy) is 1. The third-order valence-electron chi connectivity index (χ3n) is 2.05. The van der Waals surface area contributed by atoms with Crippen LogP contribution in [0.5, 0.6) is 5.75 Å². The van der Waals surface area contributed by atoms with Crippen LogP contribution in [0.25, 0.3) is 0 Å². The van der Waals surface area contributed by atoms with Gasteiger partial charge in [0.15, 0.2) is 0 Å². The third kappa shape index (κ3) is 3.11. The largest absolute Gasteiger partial charge is 0.496 e. The fourth-order valence-electron chi connectivity index (χ4n) is 1.32. The molecule has 1 aromatic rings. The Morgan fingerprint density at radius 1 is 1.53 bits per heavy atom. The van der Waals surface area contributed by atoms with Gasteiger partial charge in [0.25, 0.3) is 0 Å². The van der Waals surface area contributed by atoms with Crippen molar-refractivity contribution in [2.45, 2.75) is 5.92 Å². The van der Waals surface area contributed by atoms with Gasteiger partial charge in [-0.1, -0.05) is 18.2 Å². The van der Waals surface area contributed by atoms with Crippen molar-refractivity contribution >= 4 is 18.4 Å². The first-order chi connectivity index (χ1) is 6.70. The molecule has 0 heterocycles. The van der Waals surface area contributed by atoms with Gasteiger partial charge in [0.05, 0.1) is 13.0 Å². The summed E-state index contributed by atoms with van der Waals surface area (Å²) in [5.41, 5.74) is 6.01. The SMILES string of the molecule is COc1ccccc1C(CN)C(=O)O.Cl. The summed E-state index contributed by atoms with van der Waals surface area (Å²) in [6.45, 7) is 0.0652. The van der Waals surface area contributed by atoms with Crippen molar-refractivity contribution in [3.05, 3.63) is 29.8 Å². The highest BCUT2D eigenvalue weighted by molar-refractivity contribution is 5.85. The zero-order valence-electron chi connectivity index (χ0n) is 8.34. The van der Waals surface area contributed by atoms with Gasteiger partial charge in [-0.3, -0.25) is 4.79 Å². The van der Waals surface area contributed by atoms with E-state index >= 15 is 0 Å². The molecule has 0 spiro atoms. The second kappa shape index (κ2) is 6.27. The maximum atomic E-state index is 10.9. The van der Waals surface area contributed by atoms with Crippen LogP contribution in [-0.4, -0.2) is 24.7 Å². The molecule has 0 aliphatic carbocycles. The fourth-order valence-corrected chi connectivity index (χ4v) is 1.32. The number of aliphatic carboxylic acids is 1.